The number of nitrogens with zero attached hydrogens (tertiary/aromatic N) is 1. The number of carbonyl (C=O) groups is 1. The third-order valence-electron chi connectivity index (χ3n) is 4.31. The third-order valence-corrected chi connectivity index (χ3v) is 6.39. The summed E-state index contributed by atoms with van der Waals surface area (Å²) in [5.41, 5.74) is 2.61. The molecule has 1 N–H and O–H groups in total. The summed E-state index contributed by atoms with van der Waals surface area (Å²) >= 11 is 6.18. The first-order valence-electron chi connectivity index (χ1n) is 8.98. The van der Waals surface area contributed by atoms with Gasteiger partial charge in [-0.05, 0) is 61.4 Å². The topological polar surface area (TPSA) is 66.5 Å². The van der Waals surface area contributed by atoms with Crippen LogP contribution in [-0.4, -0.2) is 20.9 Å². The van der Waals surface area contributed by atoms with Gasteiger partial charge < -0.3 is 5.32 Å². The molecule has 0 heterocycles. The van der Waals surface area contributed by atoms with E-state index in [1.54, 1.807) is 54.6 Å². The molecule has 3 aromatic carbocycles. The molecular formula is C22H21ClN2O3S. The van der Waals surface area contributed by atoms with Gasteiger partial charge in [-0.2, -0.15) is 0 Å². The third kappa shape index (κ3) is 4.96. The van der Waals surface area contributed by atoms with Crippen molar-refractivity contribution in [2.24, 2.45) is 0 Å². The highest BCUT2D eigenvalue weighted by molar-refractivity contribution is 7.92. The normalized spacial score (nSPS) is 11.1. The lowest BCUT2D eigenvalue weighted by Gasteiger charge is -2.24. The maximum absolute atomic E-state index is 13.3. The van der Waals surface area contributed by atoms with Gasteiger partial charge in [0, 0.05) is 0 Å². The summed E-state index contributed by atoms with van der Waals surface area (Å²) in [6.45, 7) is 3.32. The Balaban J connectivity index is 1.93. The van der Waals surface area contributed by atoms with Gasteiger partial charge in [-0.25, -0.2) is 8.42 Å². The highest BCUT2D eigenvalue weighted by Crippen LogP contribution is 2.26. The summed E-state index contributed by atoms with van der Waals surface area (Å²) in [5.74, 6) is -0.490. The quantitative estimate of drug-likeness (QED) is 0.613. The zero-order valence-electron chi connectivity index (χ0n) is 16.1. The number of nitrogens with one attached hydrogen (secondary N) is 1. The molecule has 5 nitrogen and oxygen atoms in total. The number of para-hydroxylation sites is 1. The minimum atomic E-state index is -3.94. The Morgan fingerprint density at radius 2 is 1.62 bits per heavy atom. The van der Waals surface area contributed by atoms with E-state index in [9.17, 15) is 13.2 Å². The second-order valence-electron chi connectivity index (χ2n) is 6.70. The largest absolute Gasteiger partial charge is 0.323 e. The predicted molar refractivity (Wildman–Crippen MR) is 117 cm³/mol. The molecule has 3 aromatic rings. The van der Waals surface area contributed by atoms with Crippen molar-refractivity contribution in [2.75, 3.05) is 16.2 Å². The van der Waals surface area contributed by atoms with E-state index < -0.39 is 15.9 Å². The molecule has 0 aliphatic carbocycles. The number of aryl methyl sites for hydroxylation is 2. The van der Waals surface area contributed by atoms with Crippen molar-refractivity contribution >= 4 is 38.9 Å². The van der Waals surface area contributed by atoms with Crippen molar-refractivity contribution in [3.05, 3.63) is 88.9 Å². The van der Waals surface area contributed by atoms with E-state index in [1.807, 2.05) is 26.0 Å². The Labute approximate surface area is 176 Å². The zero-order chi connectivity index (χ0) is 21.0. The maximum atomic E-state index is 13.3. The Kier molecular flexibility index (Phi) is 6.25. The van der Waals surface area contributed by atoms with Gasteiger partial charge in [0.05, 0.1) is 21.3 Å². The average Bonchev–Trinajstić information content (AvgIpc) is 2.69. The standard InChI is InChI=1S/C22H21ClN2O3S/c1-16-7-6-10-19(13-16)29(27,28)25(18-8-4-3-5-9-18)15-22(26)24-21-12-11-17(2)14-20(21)23/h3-14H,15H2,1-2H3,(H,24,26). The van der Waals surface area contributed by atoms with Crippen molar-refractivity contribution in [1.29, 1.82) is 0 Å². The van der Waals surface area contributed by atoms with E-state index in [-0.39, 0.29) is 11.4 Å². The first-order chi connectivity index (χ1) is 13.8. The highest BCUT2D eigenvalue weighted by atomic mass is 35.5. The van der Waals surface area contributed by atoms with E-state index in [1.165, 1.54) is 6.07 Å². The maximum Gasteiger partial charge on any atom is 0.264 e. The fraction of sp³-hybridized carbons (Fsp3) is 0.136. The Morgan fingerprint density at radius 3 is 2.28 bits per heavy atom. The van der Waals surface area contributed by atoms with Gasteiger partial charge in [0.1, 0.15) is 6.54 Å². The van der Waals surface area contributed by atoms with Crippen LogP contribution in [0.25, 0.3) is 0 Å². The van der Waals surface area contributed by atoms with Gasteiger partial charge >= 0.3 is 0 Å². The number of sulfonamides is 1. The van der Waals surface area contributed by atoms with E-state index in [2.05, 4.69) is 5.32 Å². The van der Waals surface area contributed by atoms with Crippen molar-refractivity contribution in [3.63, 3.8) is 0 Å². The molecule has 0 aliphatic heterocycles. The monoisotopic (exact) mass is 428 g/mol. The van der Waals surface area contributed by atoms with Crippen molar-refractivity contribution in [1.82, 2.24) is 0 Å². The van der Waals surface area contributed by atoms with Crippen molar-refractivity contribution in [2.45, 2.75) is 18.7 Å². The van der Waals surface area contributed by atoms with Gasteiger partial charge in [-0.15, -0.1) is 0 Å². The van der Waals surface area contributed by atoms with Gasteiger partial charge in [0.2, 0.25) is 5.91 Å². The molecule has 0 radical (unpaired) electrons. The minimum Gasteiger partial charge on any atom is -0.323 e. The Morgan fingerprint density at radius 1 is 0.931 bits per heavy atom. The molecule has 0 aliphatic rings. The Hall–Kier alpha value is -2.83. The van der Waals surface area contributed by atoms with Crippen LogP contribution in [0.5, 0.6) is 0 Å². The van der Waals surface area contributed by atoms with Gasteiger partial charge in [-0.3, -0.25) is 9.10 Å². The molecular weight excluding hydrogens is 408 g/mol. The molecule has 7 heteroatoms. The van der Waals surface area contributed by atoms with Crippen LogP contribution in [0, 0.1) is 13.8 Å². The molecule has 1 amide bonds. The summed E-state index contributed by atoms with van der Waals surface area (Å²) < 4.78 is 27.7. The van der Waals surface area contributed by atoms with Crippen LogP contribution in [0.2, 0.25) is 5.02 Å². The number of anilines is 2. The molecule has 0 atom stereocenters. The molecule has 0 fully saturated rings. The first kappa shape index (κ1) is 20.9. The van der Waals surface area contributed by atoms with E-state index in [0.717, 1.165) is 15.4 Å². The van der Waals surface area contributed by atoms with Crippen molar-refractivity contribution in [3.8, 4) is 0 Å². The molecule has 0 unspecified atom stereocenters. The van der Waals surface area contributed by atoms with Gasteiger partial charge in [0.15, 0.2) is 0 Å². The lowest BCUT2D eigenvalue weighted by molar-refractivity contribution is -0.114. The van der Waals surface area contributed by atoms with Crippen LogP contribution in [0.15, 0.2) is 77.7 Å². The molecule has 0 saturated carbocycles. The number of carbonyl (C=O) groups excluding carboxylic acids is 1. The number of amides is 1. The number of hydrogen-bond acceptors (Lipinski definition) is 3. The number of rotatable bonds is 6. The van der Waals surface area contributed by atoms with Crippen molar-refractivity contribution < 1.29 is 13.2 Å². The molecule has 0 saturated heterocycles. The highest BCUT2D eigenvalue weighted by Gasteiger charge is 2.27. The zero-order valence-corrected chi connectivity index (χ0v) is 17.7. The molecule has 0 aromatic heterocycles. The molecule has 0 spiro atoms. The van der Waals surface area contributed by atoms with E-state index >= 15 is 0 Å². The van der Waals surface area contributed by atoms with Gasteiger partial charge in [0.25, 0.3) is 10.0 Å². The fourth-order valence-electron chi connectivity index (χ4n) is 2.85. The average molecular weight is 429 g/mol. The van der Waals surface area contributed by atoms with Gasteiger partial charge in [-0.1, -0.05) is 48.0 Å². The van der Waals surface area contributed by atoms with Crippen LogP contribution in [0.4, 0.5) is 11.4 Å². The fourth-order valence-corrected chi connectivity index (χ4v) is 4.66. The second-order valence-corrected chi connectivity index (χ2v) is 8.96. The lowest BCUT2D eigenvalue weighted by Crippen LogP contribution is -2.38. The molecule has 3 rings (SSSR count). The SMILES string of the molecule is Cc1cccc(S(=O)(=O)N(CC(=O)Nc2ccc(C)cc2Cl)c2ccccc2)c1. The van der Waals surface area contributed by atoms with Crippen LogP contribution in [-0.2, 0) is 14.8 Å². The number of benzene rings is 3. The number of hydrogen-bond donors (Lipinski definition) is 1. The van der Waals surface area contributed by atoms with E-state index in [0.29, 0.717) is 16.4 Å². The van der Waals surface area contributed by atoms with Crippen LogP contribution in [0.3, 0.4) is 0 Å². The summed E-state index contributed by atoms with van der Waals surface area (Å²) in [6.07, 6.45) is 0. The summed E-state index contributed by atoms with van der Waals surface area (Å²) in [5, 5.41) is 3.09. The first-order valence-corrected chi connectivity index (χ1v) is 10.8. The summed E-state index contributed by atoms with van der Waals surface area (Å²) in [7, 11) is -3.94. The van der Waals surface area contributed by atoms with E-state index in [4.69, 9.17) is 11.6 Å². The molecule has 0 bridgehead atoms. The predicted octanol–water partition coefficient (Wildman–Crippen LogP) is 4.79. The number of halogens is 1. The molecule has 150 valence electrons. The molecule has 29 heavy (non-hydrogen) atoms. The van der Waals surface area contributed by atoms with Crippen LogP contribution >= 0.6 is 11.6 Å². The Bertz CT molecular complexity index is 1130. The summed E-state index contributed by atoms with van der Waals surface area (Å²) in [4.78, 5) is 12.8. The summed E-state index contributed by atoms with van der Waals surface area (Å²) in [6, 6.07) is 20.4. The minimum absolute atomic E-state index is 0.127. The van der Waals surface area contributed by atoms with Crippen LogP contribution in [0.1, 0.15) is 11.1 Å². The smallest absolute Gasteiger partial charge is 0.264 e. The second kappa shape index (κ2) is 8.68. The lowest BCUT2D eigenvalue weighted by atomic mass is 10.2. The van der Waals surface area contributed by atoms with Crippen LogP contribution < -0.4 is 9.62 Å².